The van der Waals surface area contributed by atoms with E-state index in [1.165, 1.54) is 6.07 Å². The lowest BCUT2D eigenvalue weighted by atomic mass is 10.0. The molecule has 2 rings (SSSR count). The first-order valence-electron chi connectivity index (χ1n) is 5.20. The van der Waals surface area contributed by atoms with Crippen molar-refractivity contribution in [3.63, 3.8) is 0 Å². The molecule has 0 saturated carbocycles. The topological polar surface area (TPSA) is 34.1 Å². The van der Waals surface area contributed by atoms with Crippen LogP contribution in [0.15, 0.2) is 47.4 Å². The van der Waals surface area contributed by atoms with Crippen LogP contribution in [0.3, 0.4) is 0 Å². The molecule has 0 aliphatic heterocycles. The van der Waals surface area contributed by atoms with Gasteiger partial charge in [0, 0.05) is 21.3 Å². The molecule has 0 N–H and O–H groups in total. The second-order valence-electron chi connectivity index (χ2n) is 3.89. The number of halogens is 2. The summed E-state index contributed by atoms with van der Waals surface area (Å²) in [6.07, 6.45) is 0. The minimum Gasteiger partial charge on any atom is -0.207 e. The second-order valence-corrected chi connectivity index (χ2v) is 6.87. The molecule has 0 radical (unpaired) electrons. The minimum atomic E-state index is -3.70. The Balaban J connectivity index is 2.59. The lowest BCUT2D eigenvalue weighted by Gasteiger charge is -2.09. The zero-order chi connectivity index (χ0) is 13.3. The van der Waals surface area contributed by atoms with Gasteiger partial charge in [0.05, 0.1) is 4.90 Å². The molecule has 0 bridgehead atoms. The lowest BCUT2D eigenvalue weighted by molar-refractivity contribution is 0.609. The van der Waals surface area contributed by atoms with Crippen LogP contribution in [0.4, 0.5) is 0 Å². The molecule has 18 heavy (non-hydrogen) atoms. The van der Waals surface area contributed by atoms with Gasteiger partial charge in [0.25, 0.3) is 9.05 Å². The number of benzene rings is 2. The Morgan fingerprint density at radius 1 is 1.00 bits per heavy atom. The molecule has 5 heteroatoms. The quantitative estimate of drug-likeness (QED) is 0.777. The Bertz CT molecular complexity index is 694. The number of aryl methyl sites for hydroxylation is 1. The van der Waals surface area contributed by atoms with Gasteiger partial charge < -0.3 is 0 Å². The largest absolute Gasteiger partial charge is 0.261 e. The average molecular weight is 301 g/mol. The summed E-state index contributed by atoms with van der Waals surface area (Å²) in [5.74, 6) is 0. The van der Waals surface area contributed by atoms with Crippen molar-refractivity contribution in [3.05, 3.63) is 53.1 Å². The molecule has 0 saturated heterocycles. The molecule has 2 aromatic carbocycles. The summed E-state index contributed by atoms with van der Waals surface area (Å²) in [5.41, 5.74) is 2.57. The fourth-order valence-corrected chi connectivity index (χ4v) is 2.84. The third kappa shape index (κ3) is 2.69. The lowest BCUT2D eigenvalue weighted by Crippen LogP contribution is -1.93. The highest BCUT2D eigenvalue weighted by Crippen LogP contribution is 2.31. The highest BCUT2D eigenvalue weighted by Gasteiger charge is 2.13. The van der Waals surface area contributed by atoms with Crippen molar-refractivity contribution in [2.45, 2.75) is 11.8 Å². The van der Waals surface area contributed by atoms with Crippen LogP contribution in [-0.4, -0.2) is 8.42 Å². The molecule has 0 aliphatic rings. The van der Waals surface area contributed by atoms with Gasteiger partial charge in [-0.25, -0.2) is 8.42 Å². The van der Waals surface area contributed by atoms with E-state index in [1.54, 1.807) is 18.2 Å². The van der Waals surface area contributed by atoms with E-state index in [0.29, 0.717) is 5.02 Å². The van der Waals surface area contributed by atoms with E-state index in [9.17, 15) is 8.42 Å². The summed E-state index contributed by atoms with van der Waals surface area (Å²) < 4.78 is 22.5. The van der Waals surface area contributed by atoms with Crippen LogP contribution in [0.1, 0.15) is 5.56 Å². The van der Waals surface area contributed by atoms with Gasteiger partial charge in [-0.1, -0.05) is 35.9 Å². The standard InChI is InChI=1S/C13H10Cl2O2S/c1-9-8-10(18(15,16)17)6-7-11(9)12-4-2-3-5-13(12)14/h2-8H,1H3. The van der Waals surface area contributed by atoms with Gasteiger partial charge in [0.2, 0.25) is 0 Å². The molecule has 0 fully saturated rings. The summed E-state index contributed by atoms with van der Waals surface area (Å²) in [7, 11) is 1.61. The maximum atomic E-state index is 11.2. The van der Waals surface area contributed by atoms with E-state index in [4.69, 9.17) is 22.3 Å². The van der Waals surface area contributed by atoms with Gasteiger partial charge in [-0.3, -0.25) is 0 Å². The maximum absolute atomic E-state index is 11.2. The van der Waals surface area contributed by atoms with Crippen LogP contribution in [0.5, 0.6) is 0 Å². The summed E-state index contributed by atoms with van der Waals surface area (Å²) >= 11 is 6.12. The normalized spacial score (nSPS) is 11.5. The van der Waals surface area contributed by atoms with Crippen molar-refractivity contribution in [2.24, 2.45) is 0 Å². The molecule has 2 aromatic rings. The highest BCUT2D eigenvalue weighted by atomic mass is 35.7. The Hall–Kier alpha value is -1.03. The van der Waals surface area contributed by atoms with E-state index in [1.807, 2.05) is 25.1 Å². The van der Waals surface area contributed by atoms with E-state index in [2.05, 4.69) is 0 Å². The van der Waals surface area contributed by atoms with E-state index in [-0.39, 0.29) is 4.90 Å². The smallest absolute Gasteiger partial charge is 0.207 e. The van der Waals surface area contributed by atoms with Crippen molar-refractivity contribution >= 4 is 31.3 Å². The second kappa shape index (κ2) is 4.92. The fraction of sp³-hybridized carbons (Fsp3) is 0.0769. The van der Waals surface area contributed by atoms with Crippen LogP contribution in [-0.2, 0) is 9.05 Å². The van der Waals surface area contributed by atoms with Gasteiger partial charge in [-0.2, -0.15) is 0 Å². The predicted molar refractivity (Wildman–Crippen MR) is 74.7 cm³/mol. The fourth-order valence-electron chi connectivity index (χ4n) is 1.77. The predicted octanol–water partition coefficient (Wildman–Crippen LogP) is 4.24. The van der Waals surface area contributed by atoms with Crippen LogP contribution in [0.25, 0.3) is 11.1 Å². The molecule has 94 valence electrons. The van der Waals surface area contributed by atoms with Gasteiger partial charge in [-0.05, 0) is 36.2 Å². The van der Waals surface area contributed by atoms with Gasteiger partial charge in [0.15, 0.2) is 0 Å². The van der Waals surface area contributed by atoms with E-state index in [0.717, 1.165) is 16.7 Å². The van der Waals surface area contributed by atoms with Crippen molar-refractivity contribution < 1.29 is 8.42 Å². The third-order valence-electron chi connectivity index (χ3n) is 2.64. The molecular formula is C13H10Cl2O2S. The van der Waals surface area contributed by atoms with Crippen LogP contribution in [0, 0.1) is 6.92 Å². The highest BCUT2D eigenvalue weighted by molar-refractivity contribution is 8.13. The minimum absolute atomic E-state index is 0.0949. The van der Waals surface area contributed by atoms with Gasteiger partial charge in [0.1, 0.15) is 0 Å². The summed E-state index contributed by atoms with van der Waals surface area (Å²) in [4.78, 5) is 0.0949. The van der Waals surface area contributed by atoms with Crippen molar-refractivity contribution in [1.82, 2.24) is 0 Å². The molecule has 0 heterocycles. The Labute approximate surface area is 116 Å². The van der Waals surface area contributed by atoms with Crippen molar-refractivity contribution in [1.29, 1.82) is 0 Å². The molecule has 0 atom stereocenters. The average Bonchev–Trinajstić information content (AvgIpc) is 2.29. The molecule has 2 nitrogen and oxygen atoms in total. The first kappa shape index (κ1) is 13.4. The third-order valence-corrected chi connectivity index (χ3v) is 4.32. The summed E-state index contributed by atoms with van der Waals surface area (Å²) in [6.45, 7) is 1.82. The first-order valence-corrected chi connectivity index (χ1v) is 7.88. The van der Waals surface area contributed by atoms with Crippen molar-refractivity contribution in [2.75, 3.05) is 0 Å². The van der Waals surface area contributed by atoms with E-state index >= 15 is 0 Å². The zero-order valence-electron chi connectivity index (χ0n) is 9.52. The molecule has 0 amide bonds. The zero-order valence-corrected chi connectivity index (χ0v) is 11.9. The van der Waals surface area contributed by atoms with Crippen molar-refractivity contribution in [3.8, 4) is 11.1 Å². The number of rotatable bonds is 2. The van der Waals surface area contributed by atoms with Crippen LogP contribution < -0.4 is 0 Å². The molecular weight excluding hydrogens is 291 g/mol. The van der Waals surface area contributed by atoms with E-state index < -0.39 is 9.05 Å². The maximum Gasteiger partial charge on any atom is 0.261 e. The van der Waals surface area contributed by atoms with Gasteiger partial charge >= 0.3 is 0 Å². The summed E-state index contributed by atoms with van der Waals surface area (Å²) in [6, 6.07) is 12.1. The first-order chi connectivity index (χ1) is 8.39. The number of hydrogen-bond donors (Lipinski definition) is 0. The SMILES string of the molecule is Cc1cc(S(=O)(=O)Cl)ccc1-c1ccccc1Cl. The van der Waals surface area contributed by atoms with Gasteiger partial charge in [-0.15, -0.1) is 0 Å². The molecule has 0 aliphatic carbocycles. The molecule has 0 unspecified atom stereocenters. The Morgan fingerprint density at radius 2 is 1.67 bits per heavy atom. The van der Waals surface area contributed by atoms with Crippen LogP contribution >= 0.6 is 22.3 Å². The molecule has 0 spiro atoms. The molecule has 0 aromatic heterocycles. The summed E-state index contributed by atoms with van der Waals surface area (Å²) in [5, 5.41) is 0.627. The number of hydrogen-bond acceptors (Lipinski definition) is 2. The monoisotopic (exact) mass is 300 g/mol. The van der Waals surface area contributed by atoms with Crippen LogP contribution in [0.2, 0.25) is 5.02 Å². The Morgan fingerprint density at radius 3 is 2.22 bits per heavy atom. The Kier molecular flexibility index (Phi) is 3.66.